The van der Waals surface area contributed by atoms with Gasteiger partial charge in [0.1, 0.15) is 16.4 Å². The normalized spacial score (nSPS) is 12.5. The van der Waals surface area contributed by atoms with Crippen molar-refractivity contribution in [3.8, 4) is 0 Å². The minimum atomic E-state index is -4.61. The van der Waals surface area contributed by atoms with Crippen LogP contribution in [-0.4, -0.2) is 51.5 Å². The summed E-state index contributed by atoms with van der Waals surface area (Å²) in [7, 11) is -9.17. The zero-order chi connectivity index (χ0) is 27.7. The number of unbranched alkanes of at least 4 members (excludes halogenated alkanes) is 3. The molecule has 0 atom stereocenters. The fourth-order valence-corrected chi connectivity index (χ4v) is 6.34. The van der Waals surface area contributed by atoms with Gasteiger partial charge in [-0.15, -0.1) is 0 Å². The second-order valence-corrected chi connectivity index (χ2v) is 11.9. The van der Waals surface area contributed by atoms with Gasteiger partial charge in [0.25, 0.3) is 20.2 Å². The Morgan fingerprint density at radius 2 is 1.34 bits per heavy atom. The van der Waals surface area contributed by atoms with Gasteiger partial charge >= 0.3 is 0 Å². The molecule has 0 aromatic heterocycles. The van der Waals surface area contributed by atoms with Gasteiger partial charge in [-0.3, -0.25) is 18.7 Å². The molecule has 0 aliphatic carbocycles. The van der Waals surface area contributed by atoms with E-state index in [2.05, 4.69) is 15.5 Å². The number of carbonyl (C=O) groups is 1. The van der Waals surface area contributed by atoms with E-state index in [1.807, 2.05) is 0 Å². The number of benzene rings is 4. The van der Waals surface area contributed by atoms with Crippen LogP contribution in [0.5, 0.6) is 0 Å². The minimum Gasteiger partial charge on any atom is -0.385 e. The molecular weight excluding hydrogens is 534 g/mol. The topological polar surface area (TPSA) is 185 Å². The lowest BCUT2D eigenvalue weighted by molar-refractivity contribution is -0.125. The van der Waals surface area contributed by atoms with E-state index in [1.165, 1.54) is 12.1 Å². The highest BCUT2D eigenvalue weighted by atomic mass is 32.2. The van der Waals surface area contributed by atoms with E-state index in [-0.39, 0.29) is 33.1 Å². The van der Waals surface area contributed by atoms with Crippen LogP contribution in [0.3, 0.4) is 0 Å². The Labute approximate surface area is 220 Å². The van der Waals surface area contributed by atoms with Gasteiger partial charge in [-0.05, 0) is 48.2 Å². The summed E-state index contributed by atoms with van der Waals surface area (Å²) < 4.78 is 68.8. The quantitative estimate of drug-likeness (QED) is 0.0741. The molecule has 11 nitrogen and oxygen atoms in total. The van der Waals surface area contributed by atoms with Crippen LogP contribution >= 0.6 is 0 Å². The monoisotopic (exact) mass is 563 g/mol. The lowest BCUT2D eigenvalue weighted by Crippen LogP contribution is -2.29. The molecule has 0 unspecified atom stereocenters. The summed E-state index contributed by atoms with van der Waals surface area (Å²) in [6, 6.07) is 9.31. The summed E-state index contributed by atoms with van der Waals surface area (Å²) in [4.78, 5) is 15.0. The second-order valence-electron chi connectivity index (χ2n) is 9.14. The van der Waals surface area contributed by atoms with Crippen LogP contribution in [0, 0.1) is 6.92 Å². The van der Waals surface area contributed by atoms with E-state index in [0.717, 1.165) is 25.7 Å². The number of nitrogens with one attached hydrogen (secondary N) is 2. The highest BCUT2D eigenvalue weighted by Crippen LogP contribution is 2.43. The number of aryl methyl sites for hydroxylation is 1. The summed E-state index contributed by atoms with van der Waals surface area (Å²) in [6.07, 6.45) is 3.24. The molecular formula is C25H29N3O8S2. The standard InChI is InChI=1S/C25H29N3O8S2/c1-15-12-21(37(30,31)32)18-9-7-17-20(27-10-4-2-3-5-11-28-23(29)14-36-26)13-22(38(33,34)35)19-8-6-16(15)24(18)25(17)19/h6-9,12-13,27H,2-5,10-11,14,26H2,1H3,(H,28,29)(H,30,31,32)(H,33,34,35). The molecule has 4 rings (SSSR count). The van der Waals surface area contributed by atoms with Crippen LogP contribution in [0.4, 0.5) is 5.69 Å². The Kier molecular flexibility index (Phi) is 8.06. The van der Waals surface area contributed by atoms with Crippen LogP contribution < -0.4 is 16.5 Å². The summed E-state index contributed by atoms with van der Waals surface area (Å²) in [5.74, 6) is 4.57. The van der Waals surface area contributed by atoms with Crippen molar-refractivity contribution in [3.05, 3.63) is 42.0 Å². The maximum atomic E-state index is 12.3. The number of hydrogen-bond donors (Lipinski definition) is 5. The maximum absolute atomic E-state index is 12.3. The Balaban J connectivity index is 1.66. The minimum absolute atomic E-state index is 0.189. The van der Waals surface area contributed by atoms with E-state index < -0.39 is 20.2 Å². The molecule has 0 bridgehead atoms. The van der Waals surface area contributed by atoms with E-state index in [0.29, 0.717) is 45.9 Å². The first-order valence-electron chi connectivity index (χ1n) is 12.0. The molecule has 6 N–H and O–H groups in total. The Morgan fingerprint density at radius 1 is 0.816 bits per heavy atom. The van der Waals surface area contributed by atoms with Crippen molar-refractivity contribution < 1.29 is 35.6 Å². The van der Waals surface area contributed by atoms with Crippen LogP contribution in [-0.2, 0) is 29.9 Å². The zero-order valence-electron chi connectivity index (χ0n) is 20.7. The molecule has 4 aromatic rings. The molecule has 13 heteroatoms. The maximum Gasteiger partial charge on any atom is 0.295 e. The van der Waals surface area contributed by atoms with Crippen LogP contribution in [0.1, 0.15) is 31.2 Å². The summed E-state index contributed by atoms with van der Waals surface area (Å²) in [5.41, 5.74) is 1.07. The van der Waals surface area contributed by atoms with Crippen molar-refractivity contribution in [1.29, 1.82) is 0 Å². The molecule has 1 amide bonds. The van der Waals surface area contributed by atoms with E-state index in [4.69, 9.17) is 5.90 Å². The lowest BCUT2D eigenvalue weighted by Gasteiger charge is -2.19. The first kappa shape index (κ1) is 28.0. The largest absolute Gasteiger partial charge is 0.385 e. The zero-order valence-corrected chi connectivity index (χ0v) is 22.3. The van der Waals surface area contributed by atoms with Crippen molar-refractivity contribution >= 4 is 64.1 Å². The van der Waals surface area contributed by atoms with Crippen molar-refractivity contribution in [3.63, 3.8) is 0 Å². The number of nitrogens with two attached hydrogens (primary N) is 1. The van der Waals surface area contributed by atoms with Gasteiger partial charge in [-0.2, -0.15) is 16.8 Å². The smallest absolute Gasteiger partial charge is 0.295 e. The van der Waals surface area contributed by atoms with E-state index in [1.54, 1.807) is 31.2 Å². The van der Waals surface area contributed by atoms with Gasteiger partial charge in [0.2, 0.25) is 5.91 Å². The molecule has 0 radical (unpaired) electrons. The number of amides is 1. The van der Waals surface area contributed by atoms with Gasteiger partial charge in [0, 0.05) is 40.3 Å². The molecule has 0 saturated heterocycles. The molecule has 0 aliphatic heterocycles. The van der Waals surface area contributed by atoms with Gasteiger partial charge in [-0.25, -0.2) is 5.90 Å². The summed E-state index contributed by atoms with van der Waals surface area (Å²) in [6.45, 7) is 2.54. The summed E-state index contributed by atoms with van der Waals surface area (Å²) >= 11 is 0. The molecule has 0 heterocycles. The average molecular weight is 564 g/mol. The molecule has 38 heavy (non-hydrogen) atoms. The van der Waals surface area contributed by atoms with Crippen molar-refractivity contribution in [2.24, 2.45) is 5.90 Å². The van der Waals surface area contributed by atoms with Crippen LogP contribution in [0.15, 0.2) is 46.2 Å². The average Bonchev–Trinajstić information content (AvgIpc) is 2.84. The third-order valence-corrected chi connectivity index (χ3v) is 8.33. The van der Waals surface area contributed by atoms with Crippen molar-refractivity contribution in [2.75, 3.05) is 25.0 Å². The second kappa shape index (κ2) is 11.0. The van der Waals surface area contributed by atoms with Crippen molar-refractivity contribution in [2.45, 2.75) is 42.4 Å². The molecule has 4 aromatic carbocycles. The molecule has 204 valence electrons. The Hall–Kier alpha value is -3.07. The van der Waals surface area contributed by atoms with E-state index in [9.17, 15) is 30.7 Å². The predicted octanol–water partition coefficient (Wildman–Crippen LogP) is 3.36. The van der Waals surface area contributed by atoms with Crippen LogP contribution in [0.2, 0.25) is 0 Å². The molecule has 0 saturated carbocycles. The Bertz CT molecular complexity index is 1720. The molecule has 0 aliphatic rings. The van der Waals surface area contributed by atoms with E-state index >= 15 is 0 Å². The van der Waals surface area contributed by atoms with Gasteiger partial charge in [0.15, 0.2) is 0 Å². The van der Waals surface area contributed by atoms with Gasteiger partial charge in [0.05, 0.1) is 0 Å². The first-order valence-corrected chi connectivity index (χ1v) is 14.8. The van der Waals surface area contributed by atoms with Crippen molar-refractivity contribution in [1.82, 2.24) is 5.32 Å². The Morgan fingerprint density at radius 3 is 1.95 bits per heavy atom. The highest BCUT2D eigenvalue weighted by Gasteiger charge is 2.24. The third kappa shape index (κ3) is 5.67. The lowest BCUT2D eigenvalue weighted by atomic mass is 9.91. The van der Waals surface area contributed by atoms with Gasteiger partial charge < -0.3 is 10.6 Å². The fraction of sp³-hybridized carbons (Fsp3) is 0.320. The SMILES string of the molecule is Cc1cc(S(=O)(=O)O)c2ccc3c(NCCCCCCNC(=O)CON)cc(S(=O)(=O)O)c4ccc1c2c34. The summed E-state index contributed by atoms with van der Waals surface area (Å²) in [5, 5.41) is 8.77. The predicted molar refractivity (Wildman–Crippen MR) is 145 cm³/mol. The van der Waals surface area contributed by atoms with Gasteiger partial charge in [-0.1, -0.05) is 37.1 Å². The third-order valence-electron chi connectivity index (χ3n) is 6.54. The first-order chi connectivity index (χ1) is 17.9. The molecule has 0 spiro atoms. The number of hydrogen-bond acceptors (Lipinski definition) is 8. The number of anilines is 1. The van der Waals surface area contributed by atoms with Crippen LogP contribution in [0.25, 0.3) is 32.3 Å². The number of rotatable bonds is 12. The molecule has 0 fully saturated rings. The fourth-order valence-electron chi connectivity index (χ4n) is 4.85. The number of carbonyl (C=O) groups excluding carboxylic acids is 1. The highest BCUT2D eigenvalue weighted by molar-refractivity contribution is 7.86.